The second-order valence-corrected chi connectivity index (χ2v) is 7.22. The highest BCUT2D eigenvalue weighted by atomic mass is 127. The van der Waals surface area contributed by atoms with Crippen LogP contribution >= 0.6 is 22.6 Å². The Morgan fingerprint density at radius 2 is 1.97 bits per heavy atom. The number of benzene rings is 2. The van der Waals surface area contributed by atoms with Crippen molar-refractivity contribution in [1.82, 2.24) is 5.32 Å². The number of carbonyl (C=O) groups excluding carboxylic acids is 2. The molecule has 0 aromatic heterocycles. The molecule has 2 aromatic rings. The lowest BCUT2D eigenvalue weighted by Crippen LogP contribution is -2.25. The molecule has 0 unspecified atom stereocenters. The third-order valence-corrected chi connectivity index (χ3v) is 4.92. The predicted molar refractivity (Wildman–Crippen MR) is 119 cm³/mol. The fourth-order valence-electron chi connectivity index (χ4n) is 2.43. The summed E-state index contributed by atoms with van der Waals surface area (Å²) < 4.78 is 11.6. The van der Waals surface area contributed by atoms with Gasteiger partial charge in [-0.15, -0.1) is 0 Å². The van der Waals surface area contributed by atoms with Crippen LogP contribution < -0.4 is 14.8 Å². The van der Waals surface area contributed by atoms with E-state index in [4.69, 9.17) is 9.47 Å². The van der Waals surface area contributed by atoms with Crippen LogP contribution in [0.5, 0.6) is 11.5 Å². The quantitative estimate of drug-likeness (QED) is 0.144. The molecular weight excluding hydrogens is 483 g/mol. The number of nitrogens with one attached hydrogen (secondary N) is 1. The first-order valence-electron chi connectivity index (χ1n) is 9.04. The number of esters is 1. The number of nitriles is 1. The van der Waals surface area contributed by atoms with Gasteiger partial charge in [-0.05, 0) is 64.9 Å². The molecule has 0 saturated heterocycles. The van der Waals surface area contributed by atoms with Crippen molar-refractivity contribution in [3.8, 4) is 17.6 Å². The highest BCUT2D eigenvalue weighted by Gasteiger charge is 2.15. The van der Waals surface area contributed by atoms with Crippen molar-refractivity contribution >= 4 is 40.5 Å². The molecule has 0 aliphatic carbocycles. The summed E-state index contributed by atoms with van der Waals surface area (Å²) in [5, 5.41) is 12.0. The van der Waals surface area contributed by atoms with Crippen LogP contribution in [0.2, 0.25) is 0 Å². The number of ether oxygens (including phenoxy) is 2. The van der Waals surface area contributed by atoms with Crippen molar-refractivity contribution in [3.63, 3.8) is 0 Å². The monoisotopic (exact) mass is 504 g/mol. The highest BCUT2D eigenvalue weighted by Crippen LogP contribution is 2.30. The van der Waals surface area contributed by atoms with Crippen LogP contribution in [0.25, 0.3) is 6.08 Å². The lowest BCUT2D eigenvalue weighted by molar-refractivity contribution is -0.117. The summed E-state index contributed by atoms with van der Waals surface area (Å²) in [5.41, 5.74) is 1.03. The topological polar surface area (TPSA) is 88.4 Å². The second kappa shape index (κ2) is 11.2. The van der Waals surface area contributed by atoms with Crippen molar-refractivity contribution in [2.75, 3.05) is 13.7 Å². The molecule has 0 heterocycles. The fraction of sp³-hybridized carbons (Fsp3) is 0.227. The third kappa shape index (κ3) is 6.32. The Morgan fingerprint density at radius 1 is 1.21 bits per heavy atom. The van der Waals surface area contributed by atoms with Gasteiger partial charge in [-0.2, -0.15) is 5.26 Å². The lowest BCUT2D eigenvalue weighted by atomic mass is 10.1. The molecule has 0 atom stereocenters. The van der Waals surface area contributed by atoms with Crippen molar-refractivity contribution in [2.45, 2.75) is 19.8 Å². The minimum absolute atomic E-state index is 0.00765. The highest BCUT2D eigenvalue weighted by molar-refractivity contribution is 14.1. The molecule has 0 radical (unpaired) electrons. The molecule has 2 rings (SSSR count). The summed E-state index contributed by atoms with van der Waals surface area (Å²) in [7, 11) is 1.45. The Kier molecular flexibility index (Phi) is 8.68. The number of nitrogens with zero attached hydrogens (tertiary/aromatic N) is 1. The van der Waals surface area contributed by atoms with E-state index >= 15 is 0 Å². The molecule has 1 N–H and O–H groups in total. The Balaban J connectivity index is 2.21. The normalized spacial score (nSPS) is 10.8. The molecule has 2 aromatic carbocycles. The van der Waals surface area contributed by atoms with Gasteiger partial charge in [0.1, 0.15) is 11.6 Å². The van der Waals surface area contributed by atoms with Crippen LogP contribution in [0.1, 0.15) is 35.7 Å². The van der Waals surface area contributed by atoms with E-state index in [0.717, 1.165) is 16.4 Å². The van der Waals surface area contributed by atoms with Crippen molar-refractivity contribution < 1.29 is 19.1 Å². The van der Waals surface area contributed by atoms with E-state index in [2.05, 4.69) is 27.9 Å². The van der Waals surface area contributed by atoms with E-state index in [1.807, 2.05) is 25.1 Å². The molecule has 29 heavy (non-hydrogen) atoms. The molecule has 7 heteroatoms. The minimum Gasteiger partial charge on any atom is -0.493 e. The van der Waals surface area contributed by atoms with Crippen molar-refractivity contribution in [1.29, 1.82) is 5.26 Å². The Bertz CT molecular complexity index is 964. The van der Waals surface area contributed by atoms with Crippen LogP contribution in [0.4, 0.5) is 0 Å². The van der Waals surface area contributed by atoms with Gasteiger partial charge in [0.2, 0.25) is 0 Å². The van der Waals surface area contributed by atoms with E-state index in [1.54, 1.807) is 30.3 Å². The van der Waals surface area contributed by atoms with Gasteiger partial charge in [0, 0.05) is 10.1 Å². The molecule has 1 amide bonds. The van der Waals surface area contributed by atoms with Crippen molar-refractivity contribution in [3.05, 3.63) is 62.7 Å². The number of methoxy groups -OCH3 is 1. The average molecular weight is 504 g/mol. The van der Waals surface area contributed by atoms with E-state index < -0.39 is 11.9 Å². The summed E-state index contributed by atoms with van der Waals surface area (Å²) in [4.78, 5) is 24.5. The van der Waals surface area contributed by atoms with E-state index in [9.17, 15) is 14.9 Å². The third-order valence-electron chi connectivity index (χ3n) is 3.98. The van der Waals surface area contributed by atoms with E-state index in [0.29, 0.717) is 23.4 Å². The Hall–Kier alpha value is -2.86. The maximum atomic E-state index is 12.4. The van der Waals surface area contributed by atoms with Crippen LogP contribution in [-0.2, 0) is 4.79 Å². The first-order chi connectivity index (χ1) is 14.0. The summed E-state index contributed by atoms with van der Waals surface area (Å²) in [6.45, 7) is 2.54. The smallest absolute Gasteiger partial charge is 0.344 e. The summed E-state index contributed by atoms with van der Waals surface area (Å²) >= 11 is 2.07. The minimum atomic E-state index is -0.496. The van der Waals surface area contributed by atoms with Gasteiger partial charge in [0.25, 0.3) is 5.91 Å². The first kappa shape index (κ1) is 22.4. The van der Waals surface area contributed by atoms with Crippen LogP contribution in [0, 0.1) is 14.9 Å². The van der Waals surface area contributed by atoms with Gasteiger partial charge < -0.3 is 14.8 Å². The van der Waals surface area contributed by atoms with Crippen LogP contribution in [0.15, 0.2) is 48.0 Å². The maximum absolute atomic E-state index is 12.4. The number of halogens is 1. The molecule has 0 bridgehead atoms. The predicted octanol–water partition coefficient (Wildman–Crippen LogP) is 4.34. The lowest BCUT2D eigenvalue weighted by Gasteiger charge is -2.11. The molecule has 0 fully saturated rings. The van der Waals surface area contributed by atoms with Gasteiger partial charge in [-0.3, -0.25) is 4.79 Å². The zero-order valence-corrected chi connectivity index (χ0v) is 18.4. The largest absolute Gasteiger partial charge is 0.493 e. The second-order valence-electron chi connectivity index (χ2n) is 6.06. The number of hydrogen-bond donors (Lipinski definition) is 1. The summed E-state index contributed by atoms with van der Waals surface area (Å²) in [5.74, 6) is -0.347. The number of carbonyl (C=O) groups is 2. The molecule has 0 spiro atoms. The molecular formula is C22H21IN2O4. The van der Waals surface area contributed by atoms with E-state index in [-0.39, 0.29) is 11.3 Å². The number of rotatable bonds is 8. The Labute approximate surface area is 183 Å². The number of hydrogen-bond acceptors (Lipinski definition) is 5. The molecule has 6 nitrogen and oxygen atoms in total. The maximum Gasteiger partial charge on any atom is 0.344 e. The summed E-state index contributed by atoms with van der Waals surface area (Å²) in [6.07, 6.45) is 3.26. The van der Waals surface area contributed by atoms with Gasteiger partial charge in [-0.25, -0.2) is 4.79 Å². The van der Waals surface area contributed by atoms with Gasteiger partial charge >= 0.3 is 5.97 Å². The number of amides is 1. The first-order valence-corrected chi connectivity index (χ1v) is 10.1. The number of unbranched alkanes of at least 4 members (excludes halogenated alkanes) is 1. The van der Waals surface area contributed by atoms with Crippen LogP contribution in [-0.4, -0.2) is 25.5 Å². The molecule has 150 valence electrons. The van der Waals surface area contributed by atoms with Crippen LogP contribution in [0.3, 0.4) is 0 Å². The average Bonchev–Trinajstić information content (AvgIpc) is 2.73. The standard InChI is InChI=1S/C22H21IN2O4/c1-3-4-11-25-21(26)16(14-24)12-15-9-10-19(20(13-15)28-2)29-22(27)17-7-5-6-8-18(17)23/h5-10,12-13H,3-4,11H2,1-2H3,(H,25,26)/b16-12+. The fourth-order valence-corrected chi connectivity index (χ4v) is 3.04. The van der Waals surface area contributed by atoms with Gasteiger partial charge in [0.15, 0.2) is 11.5 Å². The van der Waals surface area contributed by atoms with Gasteiger partial charge in [-0.1, -0.05) is 31.5 Å². The summed E-state index contributed by atoms with van der Waals surface area (Å²) in [6, 6.07) is 13.8. The molecule has 0 aliphatic rings. The Morgan fingerprint density at radius 3 is 2.62 bits per heavy atom. The SMILES string of the molecule is CCCCNC(=O)/C(C#N)=C/c1ccc(OC(=O)c2ccccc2I)c(OC)c1. The van der Waals surface area contributed by atoms with E-state index in [1.165, 1.54) is 13.2 Å². The molecule has 0 aliphatic heterocycles. The molecule has 0 saturated carbocycles. The van der Waals surface area contributed by atoms with Crippen molar-refractivity contribution in [2.24, 2.45) is 0 Å². The zero-order valence-electron chi connectivity index (χ0n) is 16.2. The zero-order chi connectivity index (χ0) is 21.2. The van der Waals surface area contributed by atoms with Gasteiger partial charge in [0.05, 0.1) is 12.7 Å².